The molecule has 36 heavy (non-hydrogen) atoms. The Morgan fingerprint density at radius 2 is 1.92 bits per heavy atom. The number of rotatable bonds is 8. The Balaban J connectivity index is 1.82. The molecular weight excluding hydrogens is 546 g/mol. The number of methoxy groups -OCH3 is 1. The maximum absolute atomic E-state index is 13.3. The van der Waals surface area contributed by atoms with Gasteiger partial charge in [0.2, 0.25) is 5.91 Å². The normalized spacial score (nSPS) is 16.7. The molecule has 0 saturated carbocycles. The first-order valence-electron chi connectivity index (χ1n) is 11.1. The molecule has 4 N–H and O–H groups in total. The van der Waals surface area contributed by atoms with Crippen LogP contribution < -0.4 is 20.7 Å². The van der Waals surface area contributed by atoms with E-state index < -0.39 is 41.5 Å². The number of aliphatic hydroxyl groups is 1. The average molecular weight is 573 g/mol. The van der Waals surface area contributed by atoms with Crippen LogP contribution in [0.5, 0.6) is 5.75 Å². The highest BCUT2D eigenvalue weighted by Gasteiger charge is 2.39. The zero-order valence-electron chi connectivity index (χ0n) is 19.6. The molecule has 0 aliphatic carbocycles. The average Bonchev–Trinajstić information content (AvgIpc) is 3.12. The Morgan fingerprint density at radius 1 is 1.28 bits per heavy atom. The number of nitrogens with zero attached hydrogens (tertiary/aromatic N) is 3. The van der Waals surface area contributed by atoms with E-state index in [0.717, 1.165) is 10.4 Å². The largest absolute Gasteiger partial charge is 0.495 e. The minimum absolute atomic E-state index is 0.0499. The molecule has 2 atom stereocenters. The molecule has 0 spiro atoms. The number of piperidine rings is 1. The van der Waals surface area contributed by atoms with Gasteiger partial charge in [0.05, 0.1) is 52.8 Å². The van der Waals surface area contributed by atoms with E-state index >= 15 is 0 Å². The van der Waals surface area contributed by atoms with Gasteiger partial charge in [0.15, 0.2) is 5.69 Å². The summed E-state index contributed by atoms with van der Waals surface area (Å²) in [6, 6.07) is 1.58. The monoisotopic (exact) mass is 571 g/mol. The lowest BCUT2D eigenvalue weighted by molar-refractivity contribution is -0.141. The van der Waals surface area contributed by atoms with Gasteiger partial charge in [-0.05, 0) is 31.7 Å². The zero-order valence-corrected chi connectivity index (χ0v) is 21.8. The van der Waals surface area contributed by atoms with Crippen LogP contribution in [-0.4, -0.2) is 59.7 Å². The fourth-order valence-corrected chi connectivity index (χ4v) is 5.04. The third-order valence-electron chi connectivity index (χ3n) is 6.30. The van der Waals surface area contributed by atoms with E-state index in [1.54, 1.807) is 12.1 Å². The minimum Gasteiger partial charge on any atom is -0.495 e. The lowest BCUT2D eigenvalue weighted by Crippen LogP contribution is -2.52. The van der Waals surface area contributed by atoms with Gasteiger partial charge in [-0.1, -0.05) is 34.8 Å². The van der Waals surface area contributed by atoms with Crippen molar-refractivity contribution in [1.82, 2.24) is 15.1 Å². The highest BCUT2D eigenvalue weighted by atomic mass is 35.5. The zero-order chi connectivity index (χ0) is 26.8. The molecule has 14 heteroatoms. The lowest BCUT2D eigenvalue weighted by Gasteiger charge is -2.38. The summed E-state index contributed by atoms with van der Waals surface area (Å²) < 4.78 is 46.3. The summed E-state index contributed by atoms with van der Waals surface area (Å²) in [5.74, 6) is -0.254. The number of hydrogen-bond donors (Lipinski definition) is 3. The van der Waals surface area contributed by atoms with Crippen LogP contribution in [0.3, 0.4) is 0 Å². The number of benzene rings is 1. The van der Waals surface area contributed by atoms with Crippen LogP contribution in [-0.2, 0) is 17.5 Å². The second kappa shape index (κ2) is 11.6. The molecule has 1 amide bonds. The number of hydrogen-bond acceptors (Lipinski definition) is 6. The molecule has 200 valence electrons. The van der Waals surface area contributed by atoms with Gasteiger partial charge in [-0.25, -0.2) is 0 Å². The number of halogens is 6. The van der Waals surface area contributed by atoms with Crippen LogP contribution in [0.25, 0.3) is 0 Å². The molecule has 1 unspecified atom stereocenters. The second-order valence-electron chi connectivity index (χ2n) is 8.59. The van der Waals surface area contributed by atoms with Crippen LogP contribution in [0.15, 0.2) is 12.1 Å². The van der Waals surface area contributed by atoms with E-state index in [2.05, 4.69) is 10.4 Å². The lowest BCUT2D eigenvalue weighted by atomic mass is 9.88. The second-order valence-corrected chi connectivity index (χ2v) is 9.79. The number of aromatic nitrogens is 2. The summed E-state index contributed by atoms with van der Waals surface area (Å²) in [6.07, 6.45) is -3.54. The summed E-state index contributed by atoms with van der Waals surface area (Å²) in [6.45, 7) is 1.92. The number of nitrogens with one attached hydrogen (secondary N) is 1. The number of ether oxygens (including phenoxy) is 1. The summed E-state index contributed by atoms with van der Waals surface area (Å²) >= 11 is 18.4. The Bertz CT molecular complexity index is 1090. The first-order chi connectivity index (χ1) is 16.9. The summed E-state index contributed by atoms with van der Waals surface area (Å²) in [7, 11) is 1.50. The van der Waals surface area contributed by atoms with Crippen molar-refractivity contribution in [2.75, 3.05) is 31.7 Å². The molecule has 1 aliphatic rings. The van der Waals surface area contributed by atoms with Crippen molar-refractivity contribution >= 4 is 46.4 Å². The standard InChI is InChI=1S/C22H27Cl3F3N5O3/c1-11-19(25)20(22(26,27)28)31-33(11)9-16(30-21(35)15(29)10-34)12-3-5-32(6-4-12)17-8-18(36-2)14(24)7-13(17)23/h7-8,12,15-16,34H,3-6,9-10,29H2,1-2H3,(H,30,35)/t15-,16?/m1/s1. The van der Waals surface area contributed by atoms with Gasteiger partial charge in [-0.2, -0.15) is 18.3 Å². The molecule has 1 aromatic carbocycles. The van der Waals surface area contributed by atoms with Crippen molar-refractivity contribution in [3.8, 4) is 5.75 Å². The summed E-state index contributed by atoms with van der Waals surface area (Å²) in [5, 5.41) is 16.1. The van der Waals surface area contributed by atoms with Crippen molar-refractivity contribution in [1.29, 1.82) is 0 Å². The number of carbonyl (C=O) groups is 1. The van der Waals surface area contributed by atoms with E-state index in [1.807, 2.05) is 4.90 Å². The van der Waals surface area contributed by atoms with E-state index in [0.29, 0.717) is 41.7 Å². The van der Waals surface area contributed by atoms with Gasteiger partial charge in [0, 0.05) is 19.2 Å². The molecule has 1 fully saturated rings. The third-order valence-corrected chi connectivity index (χ3v) is 7.35. The first-order valence-corrected chi connectivity index (χ1v) is 12.3. The van der Waals surface area contributed by atoms with E-state index in [9.17, 15) is 23.1 Å². The molecule has 1 saturated heterocycles. The predicted octanol–water partition coefficient (Wildman–Crippen LogP) is 3.90. The molecule has 0 radical (unpaired) electrons. The van der Waals surface area contributed by atoms with Gasteiger partial charge in [-0.3, -0.25) is 9.48 Å². The van der Waals surface area contributed by atoms with Crippen molar-refractivity contribution in [2.24, 2.45) is 11.7 Å². The molecule has 3 rings (SSSR count). The van der Waals surface area contributed by atoms with Crippen LogP contribution >= 0.6 is 34.8 Å². The summed E-state index contributed by atoms with van der Waals surface area (Å²) in [4.78, 5) is 14.5. The Kier molecular flexibility index (Phi) is 9.26. The molecule has 1 aliphatic heterocycles. The number of nitrogens with two attached hydrogens (primary N) is 1. The molecular formula is C22H27Cl3F3N5O3. The Labute approximate surface area is 221 Å². The van der Waals surface area contributed by atoms with Crippen molar-refractivity contribution in [3.63, 3.8) is 0 Å². The number of alkyl halides is 3. The molecule has 8 nitrogen and oxygen atoms in total. The SMILES string of the molecule is COc1cc(N2CCC(C(Cn3nc(C(F)(F)F)c(Cl)c3C)NC(=O)[C@H](N)CO)CC2)c(Cl)cc1Cl. The highest BCUT2D eigenvalue weighted by Crippen LogP contribution is 2.39. The molecule has 1 aromatic heterocycles. The van der Waals surface area contributed by atoms with Gasteiger partial charge >= 0.3 is 6.18 Å². The van der Waals surface area contributed by atoms with Crippen molar-refractivity contribution in [2.45, 2.75) is 44.6 Å². The third kappa shape index (κ3) is 6.31. The topological polar surface area (TPSA) is 106 Å². The maximum Gasteiger partial charge on any atom is 0.436 e. The Hall–Kier alpha value is -1.92. The Morgan fingerprint density at radius 3 is 2.44 bits per heavy atom. The maximum atomic E-state index is 13.3. The van der Waals surface area contributed by atoms with Gasteiger partial charge in [-0.15, -0.1) is 0 Å². The van der Waals surface area contributed by atoms with E-state index in [1.165, 1.54) is 14.0 Å². The van der Waals surface area contributed by atoms with E-state index in [4.69, 9.17) is 45.3 Å². The predicted molar refractivity (Wildman–Crippen MR) is 132 cm³/mol. The number of amides is 1. The molecule has 2 heterocycles. The number of carbonyl (C=O) groups excluding carboxylic acids is 1. The number of aliphatic hydroxyl groups excluding tert-OH is 1. The van der Waals surface area contributed by atoms with Gasteiger partial charge < -0.3 is 25.8 Å². The quantitative estimate of drug-likeness (QED) is 0.443. The van der Waals surface area contributed by atoms with Crippen LogP contribution in [0.1, 0.15) is 24.2 Å². The van der Waals surface area contributed by atoms with Crippen molar-refractivity contribution in [3.05, 3.63) is 38.6 Å². The number of anilines is 1. The smallest absolute Gasteiger partial charge is 0.436 e. The van der Waals surface area contributed by atoms with Gasteiger partial charge in [0.25, 0.3) is 0 Å². The van der Waals surface area contributed by atoms with Gasteiger partial charge in [0.1, 0.15) is 11.8 Å². The summed E-state index contributed by atoms with van der Waals surface area (Å²) in [5.41, 5.74) is 5.35. The highest BCUT2D eigenvalue weighted by molar-refractivity contribution is 6.37. The van der Waals surface area contributed by atoms with Crippen LogP contribution in [0.2, 0.25) is 15.1 Å². The molecule has 0 bridgehead atoms. The molecule has 2 aromatic rings. The van der Waals surface area contributed by atoms with Crippen molar-refractivity contribution < 1.29 is 27.8 Å². The van der Waals surface area contributed by atoms with Crippen LogP contribution in [0.4, 0.5) is 18.9 Å². The first kappa shape index (κ1) is 28.6. The van der Waals surface area contributed by atoms with Crippen LogP contribution in [0, 0.1) is 12.8 Å². The fourth-order valence-electron chi connectivity index (χ4n) is 4.21. The minimum atomic E-state index is -4.71. The van der Waals surface area contributed by atoms with E-state index in [-0.39, 0.29) is 18.2 Å². The fraction of sp³-hybridized carbons (Fsp3) is 0.545.